The standard InChI is InChI=1S/C32H48O2S/c1-26(2)12-8-13-27(3)14-9-15-28(4)16-10-17-29(5)18-11-19-30(6)24-25-35(33,34)32-22-20-31(7)21-23-32/h12,14,16,18,20-24H,8-11,13,15,17,19,25H2,1-7H3/b27-14+,28-16+,29-18+,30-24+. The largest absolute Gasteiger partial charge is 0.223 e. The molecule has 0 saturated heterocycles. The number of benzene rings is 1. The maximum absolute atomic E-state index is 12.5. The average Bonchev–Trinajstić information content (AvgIpc) is 2.78. The Hall–Kier alpha value is -2.13. The Balaban J connectivity index is 2.35. The molecule has 0 saturated carbocycles. The number of allylic oxidation sites excluding steroid dienone is 9. The van der Waals surface area contributed by atoms with E-state index in [-0.39, 0.29) is 5.75 Å². The zero-order chi connectivity index (χ0) is 26.3. The lowest BCUT2D eigenvalue weighted by molar-refractivity contribution is 0.599. The summed E-state index contributed by atoms with van der Waals surface area (Å²) in [4.78, 5) is 0.400. The van der Waals surface area contributed by atoms with Crippen molar-refractivity contribution in [1.82, 2.24) is 0 Å². The van der Waals surface area contributed by atoms with Gasteiger partial charge in [0.05, 0.1) is 10.6 Å². The van der Waals surface area contributed by atoms with E-state index < -0.39 is 9.84 Å². The van der Waals surface area contributed by atoms with Gasteiger partial charge in [-0.1, -0.05) is 75.9 Å². The van der Waals surface area contributed by atoms with E-state index >= 15 is 0 Å². The highest BCUT2D eigenvalue weighted by Gasteiger charge is 2.12. The Morgan fingerprint density at radius 2 is 0.971 bits per heavy atom. The first-order valence-corrected chi connectivity index (χ1v) is 14.7. The number of rotatable bonds is 15. The zero-order valence-corrected chi connectivity index (χ0v) is 24.1. The molecule has 2 nitrogen and oxygen atoms in total. The normalized spacial score (nSPS) is 13.8. The summed E-state index contributed by atoms with van der Waals surface area (Å²) in [7, 11) is -3.26. The van der Waals surface area contributed by atoms with E-state index in [9.17, 15) is 8.42 Å². The first kappa shape index (κ1) is 30.9. The van der Waals surface area contributed by atoms with Gasteiger partial charge in [-0.05, 0) is 112 Å². The third-order valence-electron chi connectivity index (χ3n) is 6.22. The molecular weight excluding hydrogens is 448 g/mol. The minimum Gasteiger partial charge on any atom is -0.223 e. The molecule has 0 aliphatic rings. The minimum atomic E-state index is -3.26. The van der Waals surface area contributed by atoms with Crippen LogP contribution in [0.5, 0.6) is 0 Å². The van der Waals surface area contributed by atoms with E-state index in [0.717, 1.165) is 62.5 Å². The highest BCUT2D eigenvalue weighted by atomic mass is 32.2. The lowest BCUT2D eigenvalue weighted by Gasteiger charge is -2.04. The van der Waals surface area contributed by atoms with Gasteiger partial charge in [0.15, 0.2) is 9.84 Å². The molecule has 0 aliphatic carbocycles. The monoisotopic (exact) mass is 496 g/mol. The molecule has 0 aromatic heterocycles. The Bertz CT molecular complexity index is 1030. The van der Waals surface area contributed by atoms with Crippen LogP contribution in [-0.2, 0) is 9.84 Å². The van der Waals surface area contributed by atoms with Gasteiger partial charge in [-0.3, -0.25) is 0 Å². The average molecular weight is 497 g/mol. The van der Waals surface area contributed by atoms with Gasteiger partial charge in [-0.2, -0.15) is 0 Å². The molecule has 0 radical (unpaired) electrons. The molecule has 0 N–H and O–H groups in total. The van der Waals surface area contributed by atoms with Gasteiger partial charge in [0.1, 0.15) is 0 Å². The van der Waals surface area contributed by atoms with Gasteiger partial charge < -0.3 is 0 Å². The number of sulfone groups is 1. The van der Waals surface area contributed by atoms with E-state index in [2.05, 4.69) is 58.9 Å². The molecule has 0 unspecified atom stereocenters. The molecule has 3 heteroatoms. The topological polar surface area (TPSA) is 34.1 Å². The quantitative estimate of drug-likeness (QED) is 0.226. The first-order chi connectivity index (χ1) is 16.5. The van der Waals surface area contributed by atoms with Gasteiger partial charge in [0.2, 0.25) is 0 Å². The molecule has 194 valence electrons. The Morgan fingerprint density at radius 3 is 1.37 bits per heavy atom. The van der Waals surface area contributed by atoms with Crippen LogP contribution in [0.2, 0.25) is 0 Å². The van der Waals surface area contributed by atoms with E-state index in [0.29, 0.717) is 4.90 Å². The van der Waals surface area contributed by atoms with Crippen molar-refractivity contribution in [3.8, 4) is 0 Å². The first-order valence-electron chi connectivity index (χ1n) is 13.0. The third-order valence-corrected chi connectivity index (χ3v) is 7.81. The van der Waals surface area contributed by atoms with Crippen LogP contribution in [0.3, 0.4) is 0 Å². The van der Waals surface area contributed by atoms with Crippen LogP contribution in [-0.4, -0.2) is 14.2 Å². The van der Waals surface area contributed by atoms with Crippen LogP contribution < -0.4 is 0 Å². The number of hydrogen-bond acceptors (Lipinski definition) is 2. The third kappa shape index (κ3) is 14.8. The van der Waals surface area contributed by atoms with Crippen LogP contribution >= 0.6 is 0 Å². The summed E-state index contributed by atoms with van der Waals surface area (Å²) in [5.74, 6) is 0.0683. The second-order valence-corrected chi connectivity index (χ2v) is 12.3. The predicted octanol–water partition coefficient (Wildman–Crippen LogP) is 9.64. The summed E-state index contributed by atoms with van der Waals surface area (Å²) in [6.45, 7) is 15.0. The van der Waals surface area contributed by atoms with Gasteiger partial charge in [-0.25, -0.2) is 8.42 Å². The summed E-state index contributed by atoms with van der Waals surface area (Å²) in [6, 6.07) is 7.09. The van der Waals surface area contributed by atoms with Crippen molar-refractivity contribution in [2.45, 2.75) is 105 Å². The molecule has 1 rings (SSSR count). The van der Waals surface area contributed by atoms with Crippen LogP contribution in [0, 0.1) is 6.92 Å². The molecule has 0 fully saturated rings. The van der Waals surface area contributed by atoms with Crippen LogP contribution in [0.15, 0.2) is 87.4 Å². The van der Waals surface area contributed by atoms with Crippen molar-refractivity contribution < 1.29 is 8.42 Å². The maximum atomic E-state index is 12.5. The second-order valence-electron chi connectivity index (χ2n) is 10.2. The molecule has 0 atom stereocenters. The summed E-state index contributed by atoms with van der Waals surface area (Å²) < 4.78 is 25.0. The molecule has 35 heavy (non-hydrogen) atoms. The molecule has 0 amide bonds. The van der Waals surface area contributed by atoms with Crippen molar-refractivity contribution in [2.24, 2.45) is 0 Å². The van der Waals surface area contributed by atoms with Gasteiger partial charge in [-0.15, -0.1) is 0 Å². The Kier molecular flexibility index (Phi) is 14.6. The SMILES string of the molecule is CC(C)=CCC/C(C)=C/CC/C(C)=C/CC/C(C)=C/CC/C(C)=C/CS(=O)(=O)c1ccc(C)cc1. The summed E-state index contributed by atoms with van der Waals surface area (Å²) in [5.41, 5.74) is 7.97. The van der Waals surface area contributed by atoms with E-state index in [1.54, 1.807) is 12.1 Å². The summed E-state index contributed by atoms with van der Waals surface area (Å²) in [6.07, 6.45) is 19.8. The van der Waals surface area contributed by atoms with Gasteiger partial charge in [0, 0.05) is 0 Å². The fourth-order valence-corrected chi connectivity index (χ4v) is 4.98. The maximum Gasteiger partial charge on any atom is 0.181 e. The van der Waals surface area contributed by atoms with Crippen molar-refractivity contribution >= 4 is 9.84 Å². The molecule has 1 aromatic carbocycles. The van der Waals surface area contributed by atoms with Crippen LogP contribution in [0.1, 0.15) is 98.5 Å². The summed E-state index contributed by atoms with van der Waals surface area (Å²) >= 11 is 0. The molecule has 1 aromatic rings. The minimum absolute atomic E-state index is 0.0683. The van der Waals surface area contributed by atoms with Crippen molar-refractivity contribution in [3.05, 3.63) is 88.1 Å². The van der Waals surface area contributed by atoms with Gasteiger partial charge in [0.25, 0.3) is 0 Å². The van der Waals surface area contributed by atoms with E-state index in [4.69, 9.17) is 0 Å². The molecule has 0 bridgehead atoms. The van der Waals surface area contributed by atoms with Crippen LogP contribution in [0.25, 0.3) is 0 Å². The Labute approximate surface area is 216 Å². The molecule has 0 heterocycles. The zero-order valence-electron chi connectivity index (χ0n) is 23.3. The van der Waals surface area contributed by atoms with Crippen molar-refractivity contribution in [1.29, 1.82) is 0 Å². The lowest BCUT2D eigenvalue weighted by Crippen LogP contribution is -2.05. The Morgan fingerprint density at radius 1 is 0.600 bits per heavy atom. The molecular formula is C32H48O2S. The second kappa shape index (κ2) is 16.5. The fraction of sp³-hybridized carbons (Fsp3) is 0.500. The smallest absolute Gasteiger partial charge is 0.181 e. The summed E-state index contributed by atoms with van der Waals surface area (Å²) in [5, 5.41) is 0. The van der Waals surface area contributed by atoms with Gasteiger partial charge >= 0.3 is 0 Å². The number of aryl methyl sites for hydroxylation is 1. The molecule has 0 spiro atoms. The predicted molar refractivity (Wildman–Crippen MR) is 155 cm³/mol. The lowest BCUT2D eigenvalue weighted by atomic mass is 10.0. The van der Waals surface area contributed by atoms with E-state index in [1.165, 1.54) is 22.3 Å². The van der Waals surface area contributed by atoms with Crippen molar-refractivity contribution in [2.75, 3.05) is 5.75 Å². The van der Waals surface area contributed by atoms with Crippen LogP contribution in [0.4, 0.5) is 0 Å². The number of hydrogen-bond donors (Lipinski definition) is 0. The van der Waals surface area contributed by atoms with E-state index in [1.807, 2.05) is 32.1 Å². The highest BCUT2D eigenvalue weighted by Crippen LogP contribution is 2.16. The fourth-order valence-electron chi connectivity index (χ4n) is 3.73. The van der Waals surface area contributed by atoms with Crippen molar-refractivity contribution in [3.63, 3.8) is 0 Å². The molecule has 0 aliphatic heterocycles. The highest BCUT2D eigenvalue weighted by molar-refractivity contribution is 7.91.